The molecule has 0 aromatic rings. The summed E-state index contributed by atoms with van der Waals surface area (Å²) in [5.41, 5.74) is 0. The van der Waals surface area contributed by atoms with Crippen LogP contribution in [-0.2, 0) is 24.3 Å². The Morgan fingerprint density at radius 3 is 1.88 bits per heavy atom. The fourth-order valence-corrected chi connectivity index (χ4v) is 0.286. The van der Waals surface area contributed by atoms with Crippen molar-refractivity contribution in [3.63, 3.8) is 0 Å². The maximum atomic E-state index is 9.98. The van der Waals surface area contributed by atoms with Gasteiger partial charge in [-0.15, -0.1) is 5.76 Å². The zero-order chi connectivity index (χ0) is 5.86. The zero-order valence-electron chi connectivity index (χ0n) is 5.10. The summed E-state index contributed by atoms with van der Waals surface area (Å²) in [7, 11) is 0. The van der Waals surface area contributed by atoms with Crippen molar-refractivity contribution in [2.75, 3.05) is 0 Å². The van der Waals surface area contributed by atoms with Gasteiger partial charge in [-0.25, -0.2) is 0 Å². The Bertz CT molecular complexity index is 103. The third-order valence-electron chi connectivity index (χ3n) is 0.407. The molecule has 0 radical (unpaired) electrons. The van der Waals surface area contributed by atoms with Gasteiger partial charge in [0.25, 0.3) is 0 Å². The van der Waals surface area contributed by atoms with E-state index in [1.54, 1.807) is 0 Å². The van der Waals surface area contributed by atoms with Crippen molar-refractivity contribution < 1.29 is 29.4 Å². The van der Waals surface area contributed by atoms with Crippen molar-refractivity contribution in [2.45, 2.75) is 13.8 Å². The van der Waals surface area contributed by atoms with Gasteiger partial charge in [0.1, 0.15) is 0 Å². The third kappa shape index (κ3) is 9.27. The Hall–Kier alpha value is -0.167. The summed E-state index contributed by atoms with van der Waals surface area (Å²) >= 11 is 0. The van der Waals surface area contributed by atoms with Crippen LogP contribution in [-0.4, -0.2) is 5.78 Å². The monoisotopic (exact) mass is 163 g/mol. The van der Waals surface area contributed by atoms with E-state index in [0.29, 0.717) is 0 Å². The summed E-state index contributed by atoms with van der Waals surface area (Å²) in [5, 5.41) is 9.98. The van der Waals surface area contributed by atoms with Gasteiger partial charge in [0.2, 0.25) is 0 Å². The largest absolute Gasteiger partial charge is 2.00 e. The molecule has 0 N–H and O–H groups in total. The Morgan fingerprint density at radius 2 is 1.88 bits per heavy atom. The number of hydrogen-bond donors (Lipinski definition) is 0. The Balaban J connectivity index is 0. The number of carbonyl (C=O) groups is 1. The van der Waals surface area contributed by atoms with E-state index in [-0.39, 0.29) is 31.0 Å². The van der Waals surface area contributed by atoms with Gasteiger partial charge in [-0.1, -0.05) is 6.92 Å². The van der Waals surface area contributed by atoms with E-state index < -0.39 is 0 Å². The van der Waals surface area contributed by atoms with Crippen LogP contribution in [0.2, 0.25) is 0 Å². The Kier molecular flexibility index (Phi) is 6.69. The van der Waals surface area contributed by atoms with Crippen LogP contribution < -0.4 is 5.11 Å². The van der Waals surface area contributed by atoms with Crippen LogP contribution in [0.4, 0.5) is 0 Å². The number of allylic oxidation sites excluding steroid dienone is 2. The first-order valence-corrected chi connectivity index (χ1v) is 1.99. The molecule has 0 aliphatic rings. The average molecular weight is 164 g/mol. The van der Waals surface area contributed by atoms with Crippen molar-refractivity contribution in [3.8, 4) is 0 Å². The molecule has 2 nitrogen and oxygen atoms in total. The minimum atomic E-state index is -0.187. The fourth-order valence-electron chi connectivity index (χ4n) is 0.286. The van der Waals surface area contributed by atoms with E-state index in [0.717, 1.165) is 6.08 Å². The second-order valence-electron chi connectivity index (χ2n) is 1.37. The molecule has 3 heteroatoms. The van der Waals surface area contributed by atoms with Crippen LogP contribution in [0.25, 0.3) is 0 Å². The SMILES string of the molecule is CC(=O)/C=C(/C)[O-].[Zn+2]. The predicted molar refractivity (Wildman–Crippen MR) is 24.4 cm³/mol. The normalized spacial score (nSPS) is 10.0. The van der Waals surface area contributed by atoms with E-state index in [1.165, 1.54) is 13.8 Å². The molecule has 8 heavy (non-hydrogen) atoms. The molecule has 0 amide bonds. The Morgan fingerprint density at radius 1 is 1.50 bits per heavy atom. The zero-order valence-corrected chi connectivity index (χ0v) is 8.07. The van der Waals surface area contributed by atoms with E-state index in [4.69, 9.17) is 0 Å². The maximum absolute atomic E-state index is 9.98. The summed E-state index contributed by atoms with van der Waals surface area (Å²) in [6, 6.07) is 0. The van der Waals surface area contributed by atoms with E-state index in [9.17, 15) is 9.90 Å². The van der Waals surface area contributed by atoms with Crippen LogP contribution in [0.5, 0.6) is 0 Å². The van der Waals surface area contributed by atoms with E-state index >= 15 is 0 Å². The van der Waals surface area contributed by atoms with Gasteiger partial charge in [-0.05, 0) is 13.0 Å². The van der Waals surface area contributed by atoms with Crippen LogP contribution in [0, 0.1) is 0 Å². The van der Waals surface area contributed by atoms with Crippen LogP contribution in [0.3, 0.4) is 0 Å². The van der Waals surface area contributed by atoms with Gasteiger partial charge in [0.15, 0.2) is 5.78 Å². The van der Waals surface area contributed by atoms with Crippen molar-refractivity contribution in [3.05, 3.63) is 11.8 Å². The standard InChI is InChI=1S/C5H8O2.Zn/c1-4(6)3-5(2)7;/h3,6H,1-2H3;/q;+2/p-1/b4-3-;. The molecule has 0 bridgehead atoms. The minimum absolute atomic E-state index is 0. The molecule has 0 atom stereocenters. The summed E-state index contributed by atoms with van der Waals surface area (Å²) in [5.74, 6) is -0.375. The van der Waals surface area contributed by atoms with Crippen molar-refractivity contribution in [1.82, 2.24) is 0 Å². The van der Waals surface area contributed by atoms with Crippen molar-refractivity contribution >= 4 is 5.78 Å². The van der Waals surface area contributed by atoms with Gasteiger partial charge in [0, 0.05) is 0 Å². The van der Waals surface area contributed by atoms with E-state index in [1.807, 2.05) is 0 Å². The number of carbonyl (C=O) groups excluding carboxylic acids is 1. The van der Waals surface area contributed by atoms with Gasteiger partial charge in [-0.2, -0.15) is 0 Å². The van der Waals surface area contributed by atoms with E-state index in [2.05, 4.69) is 0 Å². The third-order valence-corrected chi connectivity index (χ3v) is 0.407. The summed E-state index contributed by atoms with van der Waals surface area (Å²) in [6.45, 7) is 2.70. The second kappa shape index (κ2) is 4.98. The van der Waals surface area contributed by atoms with Crippen molar-refractivity contribution in [2.24, 2.45) is 0 Å². The van der Waals surface area contributed by atoms with Gasteiger partial charge in [0.05, 0.1) is 0 Å². The number of ketones is 1. The quantitative estimate of drug-likeness (QED) is 0.307. The van der Waals surface area contributed by atoms with Crippen molar-refractivity contribution in [1.29, 1.82) is 0 Å². The predicted octanol–water partition coefficient (Wildman–Crippen LogP) is -0.163. The molecule has 0 saturated heterocycles. The number of rotatable bonds is 1. The molecule has 40 valence electrons. The smallest absolute Gasteiger partial charge is 0.876 e. The van der Waals surface area contributed by atoms with Gasteiger partial charge < -0.3 is 5.11 Å². The molecule has 0 aliphatic heterocycles. The van der Waals surface area contributed by atoms with Gasteiger partial charge >= 0.3 is 19.5 Å². The van der Waals surface area contributed by atoms with Gasteiger partial charge in [-0.3, -0.25) is 4.79 Å². The molecule has 0 unspecified atom stereocenters. The molecule has 0 spiro atoms. The molecule has 0 aromatic carbocycles. The molecule has 0 fully saturated rings. The molecule has 0 aromatic heterocycles. The first-order valence-electron chi connectivity index (χ1n) is 1.99. The molecule has 0 heterocycles. The topological polar surface area (TPSA) is 40.1 Å². The molecule has 0 saturated carbocycles. The molecule has 0 rings (SSSR count). The first kappa shape index (κ1) is 10.7. The Labute approximate surface area is 61.3 Å². The molecular formula is C5H7O2Zn+. The van der Waals surface area contributed by atoms with Crippen LogP contribution in [0.1, 0.15) is 13.8 Å². The summed E-state index contributed by atoms with van der Waals surface area (Å²) in [4.78, 5) is 9.98. The second-order valence-corrected chi connectivity index (χ2v) is 1.37. The maximum Gasteiger partial charge on any atom is 2.00 e. The molecular weight excluding hydrogens is 157 g/mol. The average Bonchev–Trinajstić information content (AvgIpc) is 1.27. The summed E-state index contributed by atoms with van der Waals surface area (Å²) in [6.07, 6.45) is 1.06. The number of hydrogen-bond acceptors (Lipinski definition) is 2. The first-order chi connectivity index (χ1) is 3.13. The van der Waals surface area contributed by atoms with Crippen LogP contribution in [0.15, 0.2) is 11.8 Å². The fraction of sp³-hybridized carbons (Fsp3) is 0.400. The van der Waals surface area contributed by atoms with Crippen LogP contribution >= 0.6 is 0 Å². The molecule has 0 aliphatic carbocycles. The summed E-state index contributed by atoms with van der Waals surface area (Å²) < 4.78 is 0. The minimum Gasteiger partial charge on any atom is -0.876 e.